The molecule has 0 bridgehead atoms. The summed E-state index contributed by atoms with van der Waals surface area (Å²) < 4.78 is 1.82. The van der Waals surface area contributed by atoms with Crippen LogP contribution < -0.4 is 10.9 Å². The van der Waals surface area contributed by atoms with Gasteiger partial charge in [0.1, 0.15) is 0 Å². The first-order chi connectivity index (χ1) is 11.6. The van der Waals surface area contributed by atoms with Crippen molar-refractivity contribution in [2.45, 2.75) is 24.8 Å². The fourth-order valence-electron chi connectivity index (χ4n) is 3.19. The molecule has 2 aromatic carbocycles. The van der Waals surface area contributed by atoms with Gasteiger partial charge in [-0.1, -0.05) is 29.8 Å². The zero-order valence-electron chi connectivity index (χ0n) is 13.7. The molecule has 0 saturated heterocycles. The van der Waals surface area contributed by atoms with E-state index in [1.165, 1.54) is 16.0 Å². The lowest BCUT2D eigenvalue weighted by Gasteiger charge is -2.14. The average Bonchev–Trinajstić information content (AvgIpc) is 2.97. The third-order valence-corrected chi connectivity index (χ3v) is 5.75. The minimum Gasteiger partial charge on any atom is -0.353 e. The van der Waals surface area contributed by atoms with E-state index in [0.717, 1.165) is 17.8 Å². The Kier molecular flexibility index (Phi) is 3.81. The van der Waals surface area contributed by atoms with E-state index < -0.39 is 0 Å². The van der Waals surface area contributed by atoms with Crippen LogP contribution in [0.4, 0.5) is 5.95 Å². The van der Waals surface area contributed by atoms with Crippen molar-refractivity contribution < 1.29 is 0 Å². The summed E-state index contributed by atoms with van der Waals surface area (Å²) in [6.45, 7) is 4.99. The fraction of sp³-hybridized carbons (Fsp3) is 0.263. The number of nitrogens with one attached hydrogen (secondary N) is 1. The number of rotatable bonds is 3. The van der Waals surface area contributed by atoms with Crippen LogP contribution in [0.2, 0.25) is 0 Å². The van der Waals surface area contributed by atoms with E-state index in [4.69, 9.17) is 0 Å². The van der Waals surface area contributed by atoms with Crippen molar-refractivity contribution in [3.8, 4) is 0 Å². The molecule has 3 aromatic rings. The smallest absolute Gasteiger partial charge is 0.263 e. The van der Waals surface area contributed by atoms with E-state index in [9.17, 15) is 4.79 Å². The Morgan fingerprint density at radius 3 is 2.92 bits per heavy atom. The Balaban J connectivity index is 1.64. The Morgan fingerprint density at radius 1 is 1.25 bits per heavy atom. The first-order valence-electron chi connectivity index (χ1n) is 8.08. The summed E-state index contributed by atoms with van der Waals surface area (Å²) in [4.78, 5) is 18.7. The summed E-state index contributed by atoms with van der Waals surface area (Å²) in [7, 11) is 0. The van der Waals surface area contributed by atoms with Crippen LogP contribution in [0.15, 0.2) is 52.2 Å². The maximum absolute atomic E-state index is 12.8. The van der Waals surface area contributed by atoms with Gasteiger partial charge in [0.25, 0.3) is 5.56 Å². The van der Waals surface area contributed by atoms with Crippen molar-refractivity contribution >= 4 is 28.6 Å². The van der Waals surface area contributed by atoms with Gasteiger partial charge >= 0.3 is 0 Å². The number of fused-ring (bicyclic) bond motifs is 2. The predicted molar refractivity (Wildman–Crippen MR) is 100 cm³/mol. The van der Waals surface area contributed by atoms with E-state index >= 15 is 0 Å². The molecule has 4 rings (SSSR count). The molecule has 1 atom stereocenters. The van der Waals surface area contributed by atoms with E-state index in [2.05, 4.69) is 42.3 Å². The summed E-state index contributed by atoms with van der Waals surface area (Å²) in [6.07, 6.45) is 0. The number of aromatic nitrogens is 2. The summed E-state index contributed by atoms with van der Waals surface area (Å²) in [5.41, 5.74) is 3.36. The predicted octanol–water partition coefficient (Wildman–Crippen LogP) is 3.77. The first-order valence-corrected chi connectivity index (χ1v) is 9.07. The highest BCUT2D eigenvalue weighted by molar-refractivity contribution is 7.99. The van der Waals surface area contributed by atoms with Crippen LogP contribution in [0.1, 0.15) is 17.2 Å². The van der Waals surface area contributed by atoms with Crippen molar-refractivity contribution in [3.63, 3.8) is 0 Å². The molecule has 0 unspecified atom stereocenters. The highest BCUT2D eigenvalue weighted by atomic mass is 32.2. The molecule has 0 amide bonds. The molecule has 0 saturated carbocycles. The number of aryl methyl sites for hydroxylation is 2. The van der Waals surface area contributed by atoms with Crippen LogP contribution in [-0.4, -0.2) is 21.8 Å². The topological polar surface area (TPSA) is 46.9 Å². The number of thioether (sulfide) groups is 1. The van der Waals surface area contributed by atoms with Gasteiger partial charge in [0, 0.05) is 17.2 Å². The monoisotopic (exact) mass is 337 g/mol. The minimum absolute atomic E-state index is 0.0480. The average molecular weight is 337 g/mol. The van der Waals surface area contributed by atoms with Crippen LogP contribution >= 0.6 is 11.8 Å². The van der Waals surface area contributed by atoms with E-state index in [1.807, 2.05) is 28.8 Å². The number of nitrogens with zero attached hydrogens (tertiary/aromatic N) is 2. The number of benzene rings is 2. The molecular formula is C19H19N3OS. The van der Waals surface area contributed by atoms with Crippen molar-refractivity contribution in [3.05, 3.63) is 63.9 Å². The molecule has 4 nitrogen and oxygen atoms in total. The second-order valence-corrected chi connectivity index (χ2v) is 7.30. The number of para-hydroxylation sites is 1. The lowest BCUT2D eigenvalue weighted by Crippen LogP contribution is -2.24. The molecule has 0 fully saturated rings. The Hall–Kier alpha value is -2.27. The molecule has 1 aromatic heterocycles. The molecule has 1 aliphatic heterocycles. The van der Waals surface area contributed by atoms with Gasteiger partial charge in [-0.15, -0.1) is 11.8 Å². The van der Waals surface area contributed by atoms with Crippen LogP contribution in [0.25, 0.3) is 10.9 Å². The highest BCUT2D eigenvalue weighted by Crippen LogP contribution is 2.30. The van der Waals surface area contributed by atoms with Gasteiger partial charge in [0.2, 0.25) is 5.95 Å². The van der Waals surface area contributed by atoms with E-state index in [-0.39, 0.29) is 11.6 Å². The molecule has 0 radical (unpaired) electrons. The lowest BCUT2D eigenvalue weighted by atomic mass is 10.2. The van der Waals surface area contributed by atoms with Gasteiger partial charge in [-0.2, -0.15) is 0 Å². The largest absolute Gasteiger partial charge is 0.353 e. The van der Waals surface area contributed by atoms with Crippen LogP contribution in [0.5, 0.6) is 0 Å². The van der Waals surface area contributed by atoms with Gasteiger partial charge in [0.15, 0.2) is 0 Å². The quantitative estimate of drug-likeness (QED) is 0.739. The van der Waals surface area contributed by atoms with Crippen molar-refractivity contribution in [1.82, 2.24) is 9.55 Å². The Morgan fingerprint density at radius 2 is 2.08 bits per heavy atom. The second-order valence-electron chi connectivity index (χ2n) is 6.24. The number of hydrogen-bond donors (Lipinski definition) is 1. The van der Waals surface area contributed by atoms with Crippen LogP contribution in [-0.2, 0) is 0 Å². The molecule has 2 heterocycles. The second kappa shape index (κ2) is 5.98. The molecule has 1 aliphatic rings. The van der Waals surface area contributed by atoms with Gasteiger partial charge < -0.3 is 5.32 Å². The zero-order chi connectivity index (χ0) is 16.7. The summed E-state index contributed by atoms with van der Waals surface area (Å²) >= 11 is 1.80. The Bertz CT molecular complexity index is 980. The molecule has 1 N–H and O–H groups in total. The summed E-state index contributed by atoms with van der Waals surface area (Å²) in [6, 6.07) is 14.2. The molecule has 122 valence electrons. The SMILES string of the molecule is Cc1ccc(SC[C@@H]2CNc3nc4ccccc4c(=O)n32)c(C)c1. The number of hydrogen-bond acceptors (Lipinski definition) is 4. The van der Waals surface area contributed by atoms with Crippen LogP contribution in [0, 0.1) is 13.8 Å². The van der Waals surface area contributed by atoms with Crippen LogP contribution in [0.3, 0.4) is 0 Å². The summed E-state index contributed by atoms with van der Waals surface area (Å²) in [5, 5.41) is 3.97. The summed E-state index contributed by atoms with van der Waals surface area (Å²) in [5.74, 6) is 1.54. The highest BCUT2D eigenvalue weighted by Gasteiger charge is 2.25. The molecule has 5 heteroatoms. The first kappa shape index (κ1) is 15.3. The molecule has 0 aliphatic carbocycles. The molecule has 0 spiro atoms. The van der Waals surface area contributed by atoms with Gasteiger partial charge in [0.05, 0.1) is 16.9 Å². The van der Waals surface area contributed by atoms with E-state index in [0.29, 0.717) is 11.3 Å². The minimum atomic E-state index is 0.0480. The molecule has 24 heavy (non-hydrogen) atoms. The van der Waals surface area contributed by atoms with Gasteiger partial charge in [-0.05, 0) is 37.6 Å². The normalized spacial score (nSPS) is 16.2. The van der Waals surface area contributed by atoms with Gasteiger partial charge in [-0.25, -0.2) is 4.98 Å². The third-order valence-electron chi connectivity index (χ3n) is 4.43. The van der Waals surface area contributed by atoms with E-state index in [1.54, 1.807) is 11.8 Å². The standard InChI is InChI=1S/C19H19N3OS/c1-12-7-8-17(13(2)9-12)24-11-14-10-20-19-21-16-6-4-3-5-15(16)18(23)22(14)19/h3-9,14H,10-11H2,1-2H3,(H,20,21)/t14-/m0/s1. The van der Waals surface area contributed by atoms with Crippen molar-refractivity contribution in [1.29, 1.82) is 0 Å². The third kappa shape index (κ3) is 2.59. The fourth-order valence-corrected chi connectivity index (χ4v) is 4.28. The number of anilines is 1. The maximum atomic E-state index is 12.8. The Labute approximate surface area is 144 Å². The zero-order valence-corrected chi connectivity index (χ0v) is 14.6. The maximum Gasteiger partial charge on any atom is 0.263 e. The lowest BCUT2D eigenvalue weighted by molar-refractivity contribution is 0.619. The molecular weight excluding hydrogens is 318 g/mol. The van der Waals surface area contributed by atoms with Crippen molar-refractivity contribution in [2.75, 3.05) is 17.6 Å². The van der Waals surface area contributed by atoms with Gasteiger partial charge in [-0.3, -0.25) is 9.36 Å². The van der Waals surface area contributed by atoms with Crippen molar-refractivity contribution in [2.24, 2.45) is 0 Å².